The van der Waals surface area contributed by atoms with Crippen molar-refractivity contribution in [3.05, 3.63) is 87.0 Å². The van der Waals surface area contributed by atoms with Crippen LogP contribution in [0.2, 0.25) is 10.0 Å². The van der Waals surface area contributed by atoms with Crippen LogP contribution in [0.25, 0.3) is 11.3 Å². The van der Waals surface area contributed by atoms with Gasteiger partial charge in [-0.15, -0.1) is 0 Å². The average Bonchev–Trinajstić information content (AvgIpc) is 2.68. The van der Waals surface area contributed by atoms with Crippen LogP contribution in [0.5, 0.6) is 0 Å². The molecule has 0 radical (unpaired) electrons. The number of amides is 1. The fourth-order valence-electron chi connectivity index (χ4n) is 3.27. The maximum absolute atomic E-state index is 14.4. The summed E-state index contributed by atoms with van der Waals surface area (Å²) >= 11 is 12.6. The largest absolute Gasteiger partial charge is 0.369 e. The van der Waals surface area contributed by atoms with Crippen LogP contribution in [0.3, 0.4) is 0 Å². The van der Waals surface area contributed by atoms with Gasteiger partial charge in [-0.25, -0.2) is 8.78 Å². The van der Waals surface area contributed by atoms with Crippen molar-refractivity contribution < 1.29 is 13.6 Å². The number of hydrogen-bond acceptors (Lipinski definition) is 3. The van der Waals surface area contributed by atoms with Crippen LogP contribution in [-0.4, -0.2) is 17.4 Å². The van der Waals surface area contributed by atoms with E-state index in [1.54, 1.807) is 30.3 Å². The summed E-state index contributed by atoms with van der Waals surface area (Å²) in [6, 6.07) is 11.4. The van der Waals surface area contributed by atoms with E-state index in [2.05, 4.69) is 4.98 Å². The molecule has 1 atom stereocenters. The minimum atomic E-state index is -1.05. The number of carbonyl (C=O) groups is 1. The second kappa shape index (κ2) is 9.51. The third kappa shape index (κ3) is 4.78. The summed E-state index contributed by atoms with van der Waals surface area (Å²) in [4.78, 5) is 16.9. The van der Waals surface area contributed by atoms with Crippen molar-refractivity contribution in [3.8, 4) is 11.3 Å². The summed E-state index contributed by atoms with van der Waals surface area (Å²) in [6.07, 6.45) is 1.24. The molecule has 0 aliphatic heterocycles. The molecule has 0 saturated carbocycles. The third-order valence-electron chi connectivity index (χ3n) is 4.65. The van der Waals surface area contributed by atoms with Crippen molar-refractivity contribution in [2.45, 2.75) is 18.8 Å². The fourth-order valence-corrected chi connectivity index (χ4v) is 3.88. The molecule has 1 heterocycles. The maximum atomic E-state index is 14.4. The van der Waals surface area contributed by atoms with Gasteiger partial charge in [-0.3, -0.25) is 9.78 Å². The predicted octanol–water partition coefficient (Wildman–Crippen LogP) is 4.84. The zero-order chi connectivity index (χ0) is 21.8. The maximum Gasteiger partial charge on any atom is 0.231 e. The number of primary amides is 1. The quantitative estimate of drug-likeness (QED) is 0.541. The van der Waals surface area contributed by atoms with Crippen LogP contribution in [0.4, 0.5) is 8.78 Å². The lowest BCUT2D eigenvalue weighted by molar-refractivity contribution is -0.118. The number of hydrogen-bond donors (Lipinski definition) is 2. The molecule has 30 heavy (non-hydrogen) atoms. The summed E-state index contributed by atoms with van der Waals surface area (Å²) < 4.78 is 27.8. The molecule has 4 N–H and O–H groups in total. The lowest BCUT2D eigenvalue weighted by atomic mass is 9.92. The van der Waals surface area contributed by atoms with Crippen molar-refractivity contribution in [1.82, 2.24) is 4.98 Å². The van der Waals surface area contributed by atoms with Crippen LogP contribution in [-0.2, 0) is 11.2 Å². The van der Waals surface area contributed by atoms with Gasteiger partial charge in [0.1, 0.15) is 17.6 Å². The molecule has 3 aromatic rings. The molecule has 3 rings (SSSR count). The first-order valence-electron chi connectivity index (χ1n) is 9.21. The van der Waals surface area contributed by atoms with Gasteiger partial charge in [-0.1, -0.05) is 29.3 Å². The van der Waals surface area contributed by atoms with Crippen LogP contribution in [0, 0.1) is 11.6 Å². The topological polar surface area (TPSA) is 82.0 Å². The van der Waals surface area contributed by atoms with Gasteiger partial charge in [-0.2, -0.15) is 0 Å². The molecular formula is C22H19Cl2F2N3O. The molecule has 1 amide bonds. The van der Waals surface area contributed by atoms with Crippen LogP contribution >= 0.6 is 23.2 Å². The molecule has 2 aromatic carbocycles. The Morgan fingerprint density at radius 1 is 1.07 bits per heavy atom. The second-order valence-electron chi connectivity index (χ2n) is 6.77. The number of aryl methyl sites for hydroxylation is 1. The molecule has 1 unspecified atom stereocenters. The molecule has 0 saturated heterocycles. The SMILES string of the molecule is NCCCc1cc(-c2ccc(F)cc2F)nc(C(C(N)=O)c2c(Cl)cccc2Cl)c1. The van der Waals surface area contributed by atoms with E-state index >= 15 is 0 Å². The Kier molecular flexibility index (Phi) is 7.02. The Morgan fingerprint density at radius 2 is 1.77 bits per heavy atom. The van der Waals surface area contributed by atoms with E-state index in [0.717, 1.165) is 17.7 Å². The Balaban J connectivity index is 2.22. The smallest absolute Gasteiger partial charge is 0.231 e. The van der Waals surface area contributed by atoms with Crippen molar-refractivity contribution in [3.63, 3.8) is 0 Å². The van der Waals surface area contributed by atoms with Crippen molar-refractivity contribution in [1.29, 1.82) is 0 Å². The number of halogens is 4. The highest BCUT2D eigenvalue weighted by Gasteiger charge is 2.27. The summed E-state index contributed by atoms with van der Waals surface area (Å²) in [7, 11) is 0. The molecule has 4 nitrogen and oxygen atoms in total. The van der Waals surface area contributed by atoms with E-state index in [1.807, 2.05) is 0 Å². The molecular weight excluding hydrogens is 431 g/mol. The molecule has 0 fully saturated rings. The van der Waals surface area contributed by atoms with Gasteiger partial charge >= 0.3 is 0 Å². The Labute approximate surface area is 182 Å². The summed E-state index contributed by atoms with van der Waals surface area (Å²) in [5.74, 6) is -3.23. The number of aromatic nitrogens is 1. The number of benzene rings is 2. The first-order chi connectivity index (χ1) is 14.3. The van der Waals surface area contributed by atoms with Gasteiger partial charge in [0, 0.05) is 27.2 Å². The van der Waals surface area contributed by atoms with Gasteiger partial charge in [0.25, 0.3) is 0 Å². The van der Waals surface area contributed by atoms with Crippen molar-refractivity contribution >= 4 is 29.1 Å². The molecule has 8 heteroatoms. The third-order valence-corrected chi connectivity index (χ3v) is 5.31. The zero-order valence-electron chi connectivity index (χ0n) is 15.8. The lowest BCUT2D eigenvalue weighted by Gasteiger charge is -2.19. The van der Waals surface area contributed by atoms with Crippen LogP contribution in [0.1, 0.15) is 29.2 Å². The van der Waals surface area contributed by atoms with E-state index in [0.29, 0.717) is 24.9 Å². The number of nitrogens with zero attached hydrogens (tertiary/aromatic N) is 1. The van der Waals surface area contributed by atoms with Gasteiger partial charge in [0.2, 0.25) is 5.91 Å². The summed E-state index contributed by atoms with van der Waals surface area (Å²) in [5, 5.41) is 0.518. The minimum Gasteiger partial charge on any atom is -0.369 e. The van der Waals surface area contributed by atoms with E-state index < -0.39 is 23.5 Å². The zero-order valence-corrected chi connectivity index (χ0v) is 17.4. The molecule has 0 aliphatic rings. The van der Waals surface area contributed by atoms with Crippen LogP contribution < -0.4 is 11.5 Å². The van der Waals surface area contributed by atoms with Gasteiger partial charge in [-0.05, 0) is 61.3 Å². The number of nitrogens with two attached hydrogens (primary N) is 2. The molecule has 156 valence electrons. The Bertz CT molecular complexity index is 1070. The highest BCUT2D eigenvalue weighted by molar-refractivity contribution is 6.36. The first-order valence-corrected chi connectivity index (χ1v) is 9.97. The number of carbonyl (C=O) groups excluding carboxylic acids is 1. The lowest BCUT2D eigenvalue weighted by Crippen LogP contribution is -2.24. The standard InChI is InChI=1S/C22H19Cl2F2N3O/c23-15-4-1-5-16(24)20(15)21(22(28)30)19-10-12(3-2-8-27)9-18(29-19)14-7-6-13(25)11-17(14)26/h1,4-7,9-11,21H,2-3,8,27H2,(H2,28,30). The van der Waals surface area contributed by atoms with Crippen molar-refractivity contribution in [2.75, 3.05) is 6.54 Å². The fraction of sp³-hybridized carbons (Fsp3) is 0.182. The first kappa shape index (κ1) is 22.2. The highest BCUT2D eigenvalue weighted by Crippen LogP contribution is 2.36. The molecule has 0 bridgehead atoms. The van der Waals surface area contributed by atoms with Crippen LogP contribution in [0.15, 0.2) is 48.5 Å². The van der Waals surface area contributed by atoms with Gasteiger partial charge in [0.15, 0.2) is 0 Å². The second-order valence-corrected chi connectivity index (χ2v) is 7.59. The molecule has 0 aliphatic carbocycles. The van der Waals surface area contributed by atoms with E-state index in [9.17, 15) is 13.6 Å². The Morgan fingerprint density at radius 3 is 2.37 bits per heavy atom. The van der Waals surface area contributed by atoms with Crippen molar-refractivity contribution in [2.24, 2.45) is 11.5 Å². The minimum absolute atomic E-state index is 0.0979. The predicted molar refractivity (Wildman–Crippen MR) is 114 cm³/mol. The summed E-state index contributed by atoms with van der Waals surface area (Å²) in [5.41, 5.74) is 13.0. The van der Waals surface area contributed by atoms with E-state index in [4.69, 9.17) is 34.7 Å². The molecule has 1 aromatic heterocycles. The highest BCUT2D eigenvalue weighted by atomic mass is 35.5. The number of pyridine rings is 1. The average molecular weight is 450 g/mol. The Hall–Kier alpha value is -2.54. The van der Waals surface area contributed by atoms with Gasteiger partial charge < -0.3 is 11.5 Å². The number of rotatable bonds is 7. The summed E-state index contributed by atoms with van der Waals surface area (Å²) in [6.45, 7) is 0.452. The normalized spacial score (nSPS) is 12.0. The van der Waals surface area contributed by atoms with E-state index in [-0.39, 0.29) is 27.0 Å². The van der Waals surface area contributed by atoms with Gasteiger partial charge in [0.05, 0.1) is 11.4 Å². The van der Waals surface area contributed by atoms with E-state index in [1.165, 1.54) is 6.07 Å². The molecule has 0 spiro atoms. The monoisotopic (exact) mass is 449 g/mol.